The van der Waals surface area contributed by atoms with Gasteiger partial charge in [-0.05, 0) is 31.5 Å². The molecule has 4 rings (SSSR count). The lowest BCUT2D eigenvalue weighted by Gasteiger charge is -2.32. The average Bonchev–Trinajstić information content (AvgIpc) is 3.16. The minimum atomic E-state index is -0.930. The summed E-state index contributed by atoms with van der Waals surface area (Å²) in [6, 6.07) is 19.9. The molecule has 0 amide bonds. The highest BCUT2D eigenvalue weighted by atomic mass is 32.2. The standard InChI is InChI=1S/C22H26O5S/c1-21(2)26-19-18(14-24-13-16-9-5-3-6-10-16)25-22(15-23,20(19)27-21)28-17-11-7-4-8-12-17/h3-12,18-20,23H,13-15H2,1-2H3/t18-,19-,20-,22+/m1/s1. The fourth-order valence-electron chi connectivity index (χ4n) is 3.72. The summed E-state index contributed by atoms with van der Waals surface area (Å²) in [6.45, 7) is 4.47. The van der Waals surface area contributed by atoms with E-state index in [0.29, 0.717) is 13.2 Å². The minimum absolute atomic E-state index is 0.178. The van der Waals surface area contributed by atoms with Gasteiger partial charge in [0.25, 0.3) is 0 Å². The van der Waals surface area contributed by atoms with Gasteiger partial charge < -0.3 is 24.1 Å². The molecular formula is C22H26O5S. The number of ether oxygens (including phenoxy) is 4. The summed E-state index contributed by atoms with van der Waals surface area (Å²) in [5.74, 6) is -0.728. The number of aliphatic hydroxyl groups is 1. The largest absolute Gasteiger partial charge is 0.392 e. The number of fused-ring (bicyclic) bond motifs is 1. The second-order valence-corrected chi connectivity index (χ2v) is 8.93. The van der Waals surface area contributed by atoms with Crippen molar-refractivity contribution in [1.29, 1.82) is 0 Å². The first-order valence-electron chi connectivity index (χ1n) is 9.51. The molecule has 0 radical (unpaired) electrons. The average molecular weight is 403 g/mol. The van der Waals surface area contributed by atoms with Gasteiger partial charge in [-0.2, -0.15) is 0 Å². The summed E-state index contributed by atoms with van der Waals surface area (Å²) >= 11 is 1.48. The molecule has 0 spiro atoms. The molecule has 2 aromatic rings. The summed E-state index contributed by atoms with van der Waals surface area (Å²) in [5.41, 5.74) is 1.10. The SMILES string of the molecule is CC1(C)O[C@H]2[C@@H](O1)[C@](CO)(Sc1ccccc1)O[C@@H]2COCc1ccccc1. The summed E-state index contributed by atoms with van der Waals surface area (Å²) in [7, 11) is 0. The topological polar surface area (TPSA) is 57.2 Å². The maximum absolute atomic E-state index is 10.3. The van der Waals surface area contributed by atoms with Crippen LogP contribution in [0.5, 0.6) is 0 Å². The van der Waals surface area contributed by atoms with Gasteiger partial charge >= 0.3 is 0 Å². The molecule has 6 heteroatoms. The highest BCUT2D eigenvalue weighted by Gasteiger charge is 2.63. The van der Waals surface area contributed by atoms with E-state index in [1.54, 1.807) is 0 Å². The van der Waals surface area contributed by atoms with Gasteiger partial charge in [-0.3, -0.25) is 0 Å². The van der Waals surface area contributed by atoms with Gasteiger partial charge in [0.2, 0.25) is 0 Å². The van der Waals surface area contributed by atoms with E-state index < -0.39 is 10.7 Å². The predicted molar refractivity (Wildman–Crippen MR) is 107 cm³/mol. The lowest BCUT2D eigenvalue weighted by Crippen LogP contribution is -2.43. The number of aliphatic hydroxyl groups excluding tert-OH is 1. The van der Waals surface area contributed by atoms with E-state index in [9.17, 15) is 5.11 Å². The summed E-state index contributed by atoms with van der Waals surface area (Å²) in [4.78, 5) is 0.0788. The Hall–Kier alpha value is -1.41. The molecule has 2 aliphatic heterocycles. The van der Waals surface area contributed by atoms with Crippen LogP contribution in [0, 0.1) is 0 Å². The van der Waals surface area contributed by atoms with Crippen molar-refractivity contribution in [2.75, 3.05) is 13.2 Å². The molecule has 2 heterocycles. The fourth-order valence-corrected chi connectivity index (χ4v) is 4.94. The first-order valence-corrected chi connectivity index (χ1v) is 10.3. The van der Waals surface area contributed by atoms with Crippen LogP contribution >= 0.6 is 11.8 Å². The number of benzene rings is 2. The maximum atomic E-state index is 10.3. The Labute approximate surface area is 169 Å². The van der Waals surface area contributed by atoms with Gasteiger partial charge in [-0.1, -0.05) is 60.3 Å². The van der Waals surface area contributed by atoms with Gasteiger partial charge in [0.1, 0.15) is 18.3 Å². The Bertz CT molecular complexity index is 769. The molecule has 150 valence electrons. The second kappa shape index (κ2) is 8.14. The van der Waals surface area contributed by atoms with Gasteiger partial charge in [0.15, 0.2) is 10.7 Å². The van der Waals surface area contributed by atoms with E-state index >= 15 is 0 Å². The predicted octanol–water partition coefficient (Wildman–Crippen LogP) is 3.60. The monoisotopic (exact) mass is 402 g/mol. The van der Waals surface area contributed by atoms with Gasteiger partial charge in [-0.25, -0.2) is 0 Å². The van der Waals surface area contributed by atoms with E-state index in [1.165, 1.54) is 11.8 Å². The second-order valence-electron chi connectivity index (χ2n) is 7.56. The fraction of sp³-hybridized carbons (Fsp3) is 0.455. The van der Waals surface area contributed by atoms with Gasteiger partial charge in [0.05, 0.1) is 19.8 Å². The van der Waals surface area contributed by atoms with Crippen LogP contribution in [0.4, 0.5) is 0 Å². The van der Waals surface area contributed by atoms with Crippen LogP contribution < -0.4 is 0 Å². The number of rotatable bonds is 7. The molecule has 0 saturated carbocycles. The third kappa shape index (κ3) is 4.13. The smallest absolute Gasteiger partial charge is 0.170 e. The number of thioether (sulfide) groups is 1. The van der Waals surface area contributed by atoms with E-state index in [0.717, 1.165) is 10.5 Å². The van der Waals surface area contributed by atoms with Crippen molar-refractivity contribution in [1.82, 2.24) is 0 Å². The zero-order chi connectivity index (χ0) is 19.6. The Morgan fingerprint density at radius 1 is 0.964 bits per heavy atom. The van der Waals surface area contributed by atoms with Crippen molar-refractivity contribution in [3.05, 3.63) is 66.2 Å². The van der Waals surface area contributed by atoms with E-state index in [2.05, 4.69) is 0 Å². The molecular weight excluding hydrogens is 376 g/mol. The first kappa shape index (κ1) is 19.9. The molecule has 2 saturated heterocycles. The molecule has 2 fully saturated rings. The van der Waals surface area contributed by atoms with Crippen molar-refractivity contribution < 1.29 is 24.1 Å². The Morgan fingerprint density at radius 3 is 2.32 bits per heavy atom. The quantitative estimate of drug-likeness (QED) is 0.764. The van der Waals surface area contributed by atoms with Crippen molar-refractivity contribution in [3.63, 3.8) is 0 Å². The van der Waals surface area contributed by atoms with Crippen molar-refractivity contribution in [3.8, 4) is 0 Å². The molecule has 1 N–H and O–H groups in total. The van der Waals surface area contributed by atoms with E-state index in [4.69, 9.17) is 18.9 Å². The minimum Gasteiger partial charge on any atom is -0.392 e. The molecule has 28 heavy (non-hydrogen) atoms. The van der Waals surface area contributed by atoms with Crippen LogP contribution in [-0.2, 0) is 25.6 Å². The Balaban J connectivity index is 1.49. The molecule has 0 aromatic heterocycles. The van der Waals surface area contributed by atoms with E-state index in [1.807, 2.05) is 74.5 Å². The molecule has 0 unspecified atom stereocenters. The lowest BCUT2D eigenvalue weighted by molar-refractivity contribution is -0.202. The van der Waals surface area contributed by atoms with Gasteiger partial charge in [0, 0.05) is 4.90 Å². The van der Waals surface area contributed by atoms with Crippen LogP contribution in [-0.4, -0.2) is 47.4 Å². The number of hydrogen-bond acceptors (Lipinski definition) is 6. The Morgan fingerprint density at radius 2 is 1.64 bits per heavy atom. The lowest BCUT2D eigenvalue weighted by atomic mass is 10.1. The normalized spacial score (nSPS) is 31.0. The highest BCUT2D eigenvalue weighted by molar-refractivity contribution is 8.00. The molecule has 0 aliphatic carbocycles. The Kier molecular flexibility index (Phi) is 5.78. The first-order chi connectivity index (χ1) is 13.5. The molecule has 0 bridgehead atoms. The van der Waals surface area contributed by atoms with Crippen LogP contribution in [0.25, 0.3) is 0 Å². The molecule has 5 nitrogen and oxygen atoms in total. The van der Waals surface area contributed by atoms with Crippen LogP contribution in [0.3, 0.4) is 0 Å². The third-order valence-electron chi connectivity index (χ3n) is 4.93. The van der Waals surface area contributed by atoms with E-state index in [-0.39, 0.29) is 24.9 Å². The van der Waals surface area contributed by atoms with Crippen molar-refractivity contribution in [2.45, 2.75) is 54.4 Å². The van der Waals surface area contributed by atoms with Gasteiger partial charge in [-0.15, -0.1) is 0 Å². The molecule has 2 aromatic carbocycles. The highest BCUT2D eigenvalue weighted by Crippen LogP contribution is 2.51. The number of hydrogen-bond donors (Lipinski definition) is 1. The molecule has 4 atom stereocenters. The summed E-state index contributed by atoms with van der Waals surface area (Å²) in [5, 5.41) is 10.3. The summed E-state index contributed by atoms with van der Waals surface area (Å²) < 4.78 is 24.5. The van der Waals surface area contributed by atoms with Crippen LogP contribution in [0.1, 0.15) is 19.4 Å². The maximum Gasteiger partial charge on any atom is 0.170 e. The van der Waals surface area contributed by atoms with Crippen molar-refractivity contribution in [2.24, 2.45) is 0 Å². The third-order valence-corrected chi connectivity index (χ3v) is 6.24. The summed E-state index contributed by atoms with van der Waals surface area (Å²) in [6.07, 6.45) is -1.00. The molecule has 2 aliphatic rings. The zero-order valence-corrected chi connectivity index (χ0v) is 16.9. The van der Waals surface area contributed by atoms with Crippen LogP contribution in [0.15, 0.2) is 65.6 Å². The van der Waals surface area contributed by atoms with Crippen molar-refractivity contribution >= 4 is 11.8 Å². The van der Waals surface area contributed by atoms with Crippen LogP contribution in [0.2, 0.25) is 0 Å². The zero-order valence-electron chi connectivity index (χ0n) is 16.1.